The Morgan fingerprint density at radius 3 is 2.63 bits per heavy atom. The Balaban J connectivity index is 1.93. The molecule has 0 saturated heterocycles. The standard InChI is InChI=1S/C16H23N3/c1-2-3-4-8-11-15(17)16-12-13-19(18-16)14-9-6-5-7-10-14/h5-7,9-10,12-13,15H,2-4,8,11,17H2,1H3. The van der Waals surface area contributed by atoms with Gasteiger partial charge in [-0.1, -0.05) is 50.8 Å². The molecular formula is C16H23N3. The van der Waals surface area contributed by atoms with Crippen LogP contribution in [-0.4, -0.2) is 9.78 Å². The highest BCUT2D eigenvalue weighted by Crippen LogP contribution is 2.17. The van der Waals surface area contributed by atoms with Crippen LogP contribution in [0.3, 0.4) is 0 Å². The molecule has 1 aromatic carbocycles. The number of hydrogen-bond acceptors (Lipinski definition) is 2. The van der Waals surface area contributed by atoms with Gasteiger partial charge in [0.1, 0.15) is 0 Å². The zero-order chi connectivity index (χ0) is 13.5. The van der Waals surface area contributed by atoms with Crippen molar-refractivity contribution in [3.8, 4) is 5.69 Å². The zero-order valence-electron chi connectivity index (χ0n) is 11.6. The lowest BCUT2D eigenvalue weighted by Gasteiger charge is -2.08. The summed E-state index contributed by atoms with van der Waals surface area (Å²) in [7, 11) is 0. The number of rotatable bonds is 7. The molecule has 2 rings (SSSR count). The molecule has 0 aliphatic carbocycles. The molecule has 3 nitrogen and oxygen atoms in total. The van der Waals surface area contributed by atoms with Gasteiger partial charge in [-0.2, -0.15) is 5.10 Å². The Bertz CT molecular complexity index is 476. The molecule has 1 heterocycles. The molecule has 0 aliphatic rings. The first kappa shape index (κ1) is 13.8. The molecule has 1 unspecified atom stereocenters. The molecule has 0 radical (unpaired) electrons. The van der Waals surface area contributed by atoms with E-state index in [9.17, 15) is 0 Å². The predicted octanol–water partition coefficient (Wildman–Crippen LogP) is 3.84. The third-order valence-electron chi connectivity index (χ3n) is 3.38. The summed E-state index contributed by atoms with van der Waals surface area (Å²) in [5.41, 5.74) is 8.26. The molecule has 0 saturated carbocycles. The number of hydrogen-bond donors (Lipinski definition) is 1. The fourth-order valence-corrected chi connectivity index (χ4v) is 2.20. The largest absolute Gasteiger partial charge is 0.323 e. The number of nitrogens with two attached hydrogens (primary N) is 1. The Kier molecular flexibility index (Phi) is 5.16. The lowest BCUT2D eigenvalue weighted by molar-refractivity contribution is 0.554. The van der Waals surface area contributed by atoms with Gasteiger partial charge in [0, 0.05) is 12.2 Å². The minimum Gasteiger partial charge on any atom is -0.323 e. The fraction of sp³-hybridized carbons (Fsp3) is 0.438. The van der Waals surface area contributed by atoms with Crippen LogP contribution < -0.4 is 5.73 Å². The Morgan fingerprint density at radius 2 is 1.89 bits per heavy atom. The second-order valence-corrected chi connectivity index (χ2v) is 4.98. The van der Waals surface area contributed by atoms with E-state index in [1.807, 2.05) is 47.3 Å². The summed E-state index contributed by atoms with van der Waals surface area (Å²) in [6, 6.07) is 12.2. The number of benzene rings is 1. The van der Waals surface area contributed by atoms with Crippen LogP contribution in [0.15, 0.2) is 42.6 Å². The number of para-hydroxylation sites is 1. The lowest BCUT2D eigenvalue weighted by Crippen LogP contribution is -2.11. The van der Waals surface area contributed by atoms with Crippen molar-refractivity contribution in [1.82, 2.24) is 9.78 Å². The summed E-state index contributed by atoms with van der Waals surface area (Å²) in [5, 5.41) is 4.57. The molecule has 0 amide bonds. The van der Waals surface area contributed by atoms with Crippen LogP contribution in [0.1, 0.15) is 50.8 Å². The van der Waals surface area contributed by atoms with Gasteiger partial charge in [0.15, 0.2) is 0 Å². The van der Waals surface area contributed by atoms with Crippen LogP contribution >= 0.6 is 0 Å². The molecule has 1 aromatic heterocycles. The van der Waals surface area contributed by atoms with Crippen molar-refractivity contribution in [2.75, 3.05) is 0 Å². The van der Waals surface area contributed by atoms with E-state index in [0.717, 1.165) is 17.8 Å². The smallest absolute Gasteiger partial charge is 0.0796 e. The van der Waals surface area contributed by atoms with Gasteiger partial charge < -0.3 is 5.73 Å². The van der Waals surface area contributed by atoms with Gasteiger partial charge in [-0.15, -0.1) is 0 Å². The van der Waals surface area contributed by atoms with E-state index < -0.39 is 0 Å². The molecule has 2 aromatic rings. The molecule has 102 valence electrons. The van der Waals surface area contributed by atoms with Crippen LogP contribution in [0.5, 0.6) is 0 Å². The molecule has 3 heteroatoms. The van der Waals surface area contributed by atoms with Crippen molar-refractivity contribution in [3.05, 3.63) is 48.3 Å². The van der Waals surface area contributed by atoms with E-state index in [1.54, 1.807) is 0 Å². The molecular weight excluding hydrogens is 234 g/mol. The molecule has 0 spiro atoms. The average molecular weight is 257 g/mol. The first-order valence-electron chi connectivity index (χ1n) is 7.18. The lowest BCUT2D eigenvalue weighted by atomic mass is 10.1. The van der Waals surface area contributed by atoms with Crippen molar-refractivity contribution < 1.29 is 0 Å². The van der Waals surface area contributed by atoms with Gasteiger partial charge in [-0.3, -0.25) is 0 Å². The summed E-state index contributed by atoms with van der Waals surface area (Å²) in [4.78, 5) is 0. The third kappa shape index (κ3) is 3.93. The summed E-state index contributed by atoms with van der Waals surface area (Å²) >= 11 is 0. The van der Waals surface area contributed by atoms with E-state index in [2.05, 4.69) is 12.0 Å². The average Bonchev–Trinajstić information content (AvgIpc) is 2.94. The Labute approximate surface area is 115 Å². The zero-order valence-corrected chi connectivity index (χ0v) is 11.6. The van der Waals surface area contributed by atoms with Crippen LogP contribution in [0.4, 0.5) is 0 Å². The summed E-state index contributed by atoms with van der Waals surface area (Å²) < 4.78 is 1.89. The van der Waals surface area contributed by atoms with Crippen molar-refractivity contribution in [1.29, 1.82) is 0 Å². The first-order valence-corrected chi connectivity index (χ1v) is 7.18. The van der Waals surface area contributed by atoms with Crippen LogP contribution in [0.2, 0.25) is 0 Å². The minimum absolute atomic E-state index is 0.0572. The maximum Gasteiger partial charge on any atom is 0.0796 e. The summed E-state index contributed by atoms with van der Waals surface area (Å²) in [5.74, 6) is 0. The van der Waals surface area contributed by atoms with E-state index in [4.69, 9.17) is 5.73 Å². The van der Waals surface area contributed by atoms with Gasteiger partial charge in [0.2, 0.25) is 0 Å². The second kappa shape index (κ2) is 7.10. The highest BCUT2D eigenvalue weighted by molar-refractivity contribution is 5.30. The van der Waals surface area contributed by atoms with Crippen molar-refractivity contribution in [2.45, 2.75) is 45.1 Å². The minimum atomic E-state index is 0.0572. The third-order valence-corrected chi connectivity index (χ3v) is 3.38. The van der Waals surface area contributed by atoms with E-state index >= 15 is 0 Å². The van der Waals surface area contributed by atoms with Crippen molar-refractivity contribution in [3.63, 3.8) is 0 Å². The van der Waals surface area contributed by atoms with Gasteiger partial charge in [0.25, 0.3) is 0 Å². The van der Waals surface area contributed by atoms with Gasteiger partial charge in [-0.05, 0) is 24.6 Å². The second-order valence-electron chi connectivity index (χ2n) is 4.98. The molecule has 2 N–H and O–H groups in total. The first-order chi connectivity index (χ1) is 9.31. The van der Waals surface area contributed by atoms with Crippen LogP contribution in [0.25, 0.3) is 5.69 Å². The Morgan fingerprint density at radius 1 is 1.11 bits per heavy atom. The molecule has 0 aliphatic heterocycles. The molecule has 19 heavy (non-hydrogen) atoms. The normalized spacial score (nSPS) is 12.5. The number of unbranched alkanes of at least 4 members (excludes halogenated alkanes) is 3. The van der Waals surface area contributed by atoms with Crippen LogP contribution in [-0.2, 0) is 0 Å². The molecule has 0 bridgehead atoms. The maximum atomic E-state index is 6.19. The topological polar surface area (TPSA) is 43.8 Å². The highest BCUT2D eigenvalue weighted by atomic mass is 15.3. The SMILES string of the molecule is CCCCCCC(N)c1ccn(-c2ccccc2)n1. The maximum absolute atomic E-state index is 6.19. The molecule has 1 atom stereocenters. The van der Waals surface area contributed by atoms with Crippen molar-refractivity contribution >= 4 is 0 Å². The van der Waals surface area contributed by atoms with Crippen LogP contribution in [0, 0.1) is 0 Å². The van der Waals surface area contributed by atoms with E-state index in [0.29, 0.717) is 0 Å². The quantitative estimate of drug-likeness (QED) is 0.766. The van der Waals surface area contributed by atoms with Crippen molar-refractivity contribution in [2.24, 2.45) is 5.73 Å². The summed E-state index contributed by atoms with van der Waals surface area (Å²) in [6.45, 7) is 2.22. The van der Waals surface area contributed by atoms with Gasteiger partial charge >= 0.3 is 0 Å². The number of nitrogens with zero attached hydrogens (tertiary/aromatic N) is 2. The summed E-state index contributed by atoms with van der Waals surface area (Å²) in [6.07, 6.45) is 8.02. The monoisotopic (exact) mass is 257 g/mol. The van der Waals surface area contributed by atoms with Gasteiger partial charge in [-0.25, -0.2) is 4.68 Å². The fourth-order valence-electron chi connectivity index (χ4n) is 2.20. The van der Waals surface area contributed by atoms with Gasteiger partial charge in [0.05, 0.1) is 11.4 Å². The predicted molar refractivity (Wildman–Crippen MR) is 79.3 cm³/mol. The van der Waals surface area contributed by atoms with E-state index in [1.165, 1.54) is 25.7 Å². The molecule has 0 fully saturated rings. The van der Waals surface area contributed by atoms with E-state index in [-0.39, 0.29) is 6.04 Å². The number of aromatic nitrogens is 2. The Hall–Kier alpha value is -1.61. The highest BCUT2D eigenvalue weighted by Gasteiger charge is 2.09.